The summed E-state index contributed by atoms with van der Waals surface area (Å²) in [7, 11) is 0. The van der Waals surface area contributed by atoms with Crippen LogP contribution < -0.4 is 0 Å². The third-order valence-electron chi connectivity index (χ3n) is 6.57. The van der Waals surface area contributed by atoms with Gasteiger partial charge in [-0.3, -0.25) is 19.7 Å². The molecule has 0 aliphatic carbocycles. The molecule has 1 amide bonds. The fraction of sp³-hybridized carbons (Fsp3) is 0.320. The average Bonchev–Trinajstić information content (AvgIpc) is 3.19. The van der Waals surface area contributed by atoms with Crippen molar-refractivity contribution in [3.63, 3.8) is 0 Å². The molecule has 2 fully saturated rings. The first-order valence-electron chi connectivity index (χ1n) is 10.8. The van der Waals surface area contributed by atoms with Gasteiger partial charge in [0.2, 0.25) is 0 Å². The molecule has 6 heteroatoms. The number of fused-ring (bicyclic) bond motifs is 1. The SMILES string of the molecule is O=C(c1ccccn1)N1C[C@H](c2ccc(F)cc2)[C@H]2CN(Cc3ccccn3)CC[C@H]21. The molecule has 0 bridgehead atoms. The molecule has 31 heavy (non-hydrogen) atoms. The van der Waals surface area contributed by atoms with Crippen molar-refractivity contribution in [1.82, 2.24) is 19.8 Å². The van der Waals surface area contributed by atoms with Gasteiger partial charge in [0.1, 0.15) is 11.5 Å². The summed E-state index contributed by atoms with van der Waals surface area (Å²) in [6.45, 7) is 3.23. The van der Waals surface area contributed by atoms with E-state index >= 15 is 0 Å². The van der Waals surface area contributed by atoms with Crippen molar-refractivity contribution in [2.24, 2.45) is 5.92 Å². The van der Waals surface area contributed by atoms with Crippen LogP contribution in [0.2, 0.25) is 0 Å². The van der Waals surface area contributed by atoms with Crippen molar-refractivity contribution in [2.45, 2.75) is 24.9 Å². The van der Waals surface area contributed by atoms with Gasteiger partial charge in [0.25, 0.3) is 5.91 Å². The highest BCUT2D eigenvalue weighted by atomic mass is 19.1. The topological polar surface area (TPSA) is 49.3 Å². The lowest BCUT2D eigenvalue weighted by molar-refractivity contribution is 0.0607. The van der Waals surface area contributed by atoms with Crippen molar-refractivity contribution in [2.75, 3.05) is 19.6 Å². The first-order valence-corrected chi connectivity index (χ1v) is 10.8. The number of rotatable bonds is 4. The lowest BCUT2D eigenvalue weighted by Gasteiger charge is -2.38. The van der Waals surface area contributed by atoms with Crippen LogP contribution in [-0.4, -0.2) is 51.4 Å². The van der Waals surface area contributed by atoms with Gasteiger partial charge in [0.05, 0.1) is 5.69 Å². The second kappa shape index (κ2) is 8.55. The number of carbonyl (C=O) groups is 1. The molecule has 5 nitrogen and oxygen atoms in total. The van der Waals surface area contributed by atoms with Crippen molar-refractivity contribution >= 4 is 5.91 Å². The highest BCUT2D eigenvalue weighted by molar-refractivity contribution is 5.92. The Hall–Kier alpha value is -3.12. The van der Waals surface area contributed by atoms with Crippen LogP contribution in [0.25, 0.3) is 0 Å². The Morgan fingerprint density at radius 3 is 2.45 bits per heavy atom. The predicted molar refractivity (Wildman–Crippen MR) is 116 cm³/mol. The smallest absolute Gasteiger partial charge is 0.272 e. The van der Waals surface area contributed by atoms with E-state index in [1.54, 1.807) is 12.3 Å². The van der Waals surface area contributed by atoms with Crippen LogP contribution in [0.4, 0.5) is 4.39 Å². The number of benzene rings is 1. The van der Waals surface area contributed by atoms with E-state index in [2.05, 4.69) is 20.9 Å². The monoisotopic (exact) mass is 416 g/mol. The molecule has 2 aliphatic heterocycles. The highest BCUT2D eigenvalue weighted by Crippen LogP contribution is 2.42. The molecule has 2 saturated heterocycles. The summed E-state index contributed by atoms with van der Waals surface area (Å²) in [4.78, 5) is 26.5. The standard InChI is InChI=1S/C25H25FN4O/c26-19-9-7-18(8-10-19)21-17-30(25(31)23-6-2-4-13-28-23)24-11-14-29(16-22(21)24)15-20-5-1-3-12-27-20/h1-10,12-13,21-22,24H,11,14-17H2/t21-,22-,24-/m1/s1. The summed E-state index contributed by atoms with van der Waals surface area (Å²) in [6, 6.07) is 18.4. The zero-order valence-corrected chi connectivity index (χ0v) is 17.3. The summed E-state index contributed by atoms with van der Waals surface area (Å²) >= 11 is 0. The van der Waals surface area contributed by atoms with Gasteiger partial charge in [0.15, 0.2) is 0 Å². The summed E-state index contributed by atoms with van der Waals surface area (Å²) in [5, 5.41) is 0. The van der Waals surface area contributed by atoms with E-state index in [0.29, 0.717) is 12.2 Å². The van der Waals surface area contributed by atoms with Crippen LogP contribution in [0.15, 0.2) is 73.1 Å². The van der Waals surface area contributed by atoms with Crippen molar-refractivity contribution in [3.8, 4) is 0 Å². The van der Waals surface area contributed by atoms with E-state index in [1.165, 1.54) is 12.1 Å². The normalized spacial score (nSPS) is 23.5. The largest absolute Gasteiger partial charge is 0.333 e. The van der Waals surface area contributed by atoms with Crippen molar-refractivity contribution < 1.29 is 9.18 Å². The number of nitrogens with zero attached hydrogens (tertiary/aromatic N) is 4. The molecule has 2 aliphatic rings. The Bertz CT molecular complexity index is 1030. The lowest BCUT2D eigenvalue weighted by Crippen LogP contribution is -2.47. The first kappa shape index (κ1) is 19.8. The number of likely N-dealkylation sites (tertiary alicyclic amines) is 2. The molecule has 3 aromatic rings. The van der Waals surface area contributed by atoms with E-state index < -0.39 is 0 Å². The molecule has 0 radical (unpaired) electrons. The third kappa shape index (κ3) is 4.08. The number of hydrogen-bond donors (Lipinski definition) is 0. The molecule has 0 spiro atoms. The van der Waals surface area contributed by atoms with Crippen LogP contribution in [0.3, 0.4) is 0 Å². The minimum Gasteiger partial charge on any atom is -0.333 e. The van der Waals surface area contributed by atoms with Gasteiger partial charge in [-0.2, -0.15) is 0 Å². The molecule has 158 valence electrons. The molecule has 4 heterocycles. The first-order chi connectivity index (χ1) is 15.2. The number of piperidine rings is 1. The number of hydrogen-bond acceptors (Lipinski definition) is 4. The van der Waals surface area contributed by atoms with Crippen LogP contribution >= 0.6 is 0 Å². The molecular weight excluding hydrogens is 391 g/mol. The van der Waals surface area contributed by atoms with Crippen molar-refractivity contribution in [1.29, 1.82) is 0 Å². The van der Waals surface area contributed by atoms with Crippen LogP contribution in [0, 0.1) is 11.7 Å². The van der Waals surface area contributed by atoms with E-state index in [1.807, 2.05) is 47.5 Å². The molecule has 1 aromatic carbocycles. The van der Waals surface area contributed by atoms with Gasteiger partial charge in [-0.05, 0) is 48.4 Å². The Morgan fingerprint density at radius 2 is 1.74 bits per heavy atom. The second-order valence-electron chi connectivity index (χ2n) is 8.41. The van der Waals surface area contributed by atoms with E-state index in [9.17, 15) is 9.18 Å². The van der Waals surface area contributed by atoms with Gasteiger partial charge in [-0.1, -0.05) is 24.3 Å². The molecule has 5 rings (SSSR count). The molecule has 0 saturated carbocycles. The maximum Gasteiger partial charge on any atom is 0.272 e. The summed E-state index contributed by atoms with van der Waals surface area (Å²) in [6.07, 6.45) is 4.40. The molecule has 0 unspecified atom stereocenters. The average molecular weight is 417 g/mol. The summed E-state index contributed by atoms with van der Waals surface area (Å²) in [5.41, 5.74) is 2.63. The number of halogens is 1. The lowest BCUT2D eigenvalue weighted by atomic mass is 9.81. The van der Waals surface area contributed by atoms with Crippen molar-refractivity contribution in [3.05, 3.63) is 95.8 Å². The van der Waals surface area contributed by atoms with Gasteiger partial charge in [0, 0.05) is 56.5 Å². The number of amides is 1. The molecule has 2 aromatic heterocycles. The van der Waals surface area contributed by atoms with E-state index in [4.69, 9.17) is 0 Å². The fourth-order valence-electron chi connectivity index (χ4n) is 5.10. The Morgan fingerprint density at radius 1 is 0.968 bits per heavy atom. The maximum absolute atomic E-state index is 13.5. The molecule has 0 N–H and O–H groups in total. The van der Waals surface area contributed by atoms with E-state index in [-0.39, 0.29) is 29.6 Å². The molecular formula is C25H25FN4O. The minimum atomic E-state index is -0.236. The highest BCUT2D eigenvalue weighted by Gasteiger charge is 2.47. The van der Waals surface area contributed by atoms with Gasteiger partial charge < -0.3 is 4.90 Å². The number of carbonyl (C=O) groups excluding carboxylic acids is 1. The van der Waals surface area contributed by atoms with Gasteiger partial charge >= 0.3 is 0 Å². The summed E-state index contributed by atoms with van der Waals surface area (Å²) < 4.78 is 13.5. The number of aromatic nitrogens is 2. The van der Waals surface area contributed by atoms with Crippen LogP contribution in [0.1, 0.15) is 34.1 Å². The van der Waals surface area contributed by atoms with E-state index in [0.717, 1.165) is 37.3 Å². The zero-order valence-electron chi connectivity index (χ0n) is 17.3. The van der Waals surface area contributed by atoms with Crippen LogP contribution in [0.5, 0.6) is 0 Å². The predicted octanol–water partition coefficient (Wildman–Crippen LogP) is 3.75. The number of pyridine rings is 2. The maximum atomic E-state index is 13.5. The summed E-state index contributed by atoms with van der Waals surface area (Å²) in [5.74, 6) is 0.207. The van der Waals surface area contributed by atoms with Gasteiger partial charge in [-0.25, -0.2) is 4.39 Å². The Kier molecular flexibility index (Phi) is 5.47. The Labute approximate surface area is 181 Å². The van der Waals surface area contributed by atoms with Gasteiger partial charge in [-0.15, -0.1) is 0 Å². The molecule has 3 atom stereocenters. The zero-order chi connectivity index (χ0) is 21.2. The second-order valence-corrected chi connectivity index (χ2v) is 8.41. The minimum absolute atomic E-state index is 0.0154. The quantitative estimate of drug-likeness (QED) is 0.650. The van der Waals surface area contributed by atoms with Crippen LogP contribution in [-0.2, 0) is 6.54 Å². The third-order valence-corrected chi connectivity index (χ3v) is 6.57. The Balaban J connectivity index is 1.41. The fourth-order valence-corrected chi connectivity index (χ4v) is 5.10.